The summed E-state index contributed by atoms with van der Waals surface area (Å²) in [6.07, 6.45) is 0. The van der Waals surface area contributed by atoms with Gasteiger partial charge in [-0.1, -0.05) is 48.0 Å². The van der Waals surface area contributed by atoms with Crippen LogP contribution in [0.2, 0.25) is 0 Å². The topological polar surface area (TPSA) is 64.0 Å². The third kappa shape index (κ3) is 3.88. The monoisotopic (exact) mass is 347 g/mol. The van der Waals surface area contributed by atoms with Crippen LogP contribution in [-0.2, 0) is 11.3 Å². The Labute approximate surface area is 152 Å². The Hall–Kier alpha value is -3.21. The average molecular weight is 347 g/mol. The molecule has 5 heteroatoms. The van der Waals surface area contributed by atoms with Crippen molar-refractivity contribution in [1.29, 1.82) is 0 Å². The highest BCUT2D eigenvalue weighted by Gasteiger charge is 2.13. The van der Waals surface area contributed by atoms with E-state index in [0.717, 1.165) is 22.4 Å². The van der Waals surface area contributed by atoms with Crippen molar-refractivity contribution >= 4 is 11.6 Å². The summed E-state index contributed by atoms with van der Waals surface area (Å²) in [6, 6.07) is 16.7. The summed E-state index contributed by atoms with van der Waals surface area (Å²) >= 11 is 0. The van der Waals surface area contributed by atoms with Gasteiger partial charge in [-0.25, -0.2) is 4.98 Å². The first-order valence-electron chi connectivity index (χ1n) is 8.45. The molecule has 0 saturated carbocycles. The van der Waals surface area contributed by atoms with Gasteiger partial charge in [0.05, 0.1) is 0 Å². The van der Waals surface area contributed by atoms with Gasteiger partial charge in [0.25, 0.3) is 5.56 Å². The second kappa shape index (κ2) is 7.35. The summed E-state index contributed by atoms with van der Waals surface area (Å²) in [5.74, 6) is 0.230. The van der Waals surface area contributed by atoms with Crippen LogP contribution in [0.15, 0.2) is 59.4 Å². The van der Waals surface area contributed by atoms with E-state index in [4.69, 9.17) is 0 Å². The fraction of sp³-hybridized carbons (Fsp3) is 0.190. The minimum atomic E-state index is -0.262. The number of hydrogen-bond donors (Lipinski definition) is 1. The lowest BCUT2D eigenvalue weighted by Gasteiger charge is -2.14. The van der Waals surface area contributed by atoms with E-state index in [2.05, 4.69) is 10.3 Å². The molecule has 132 valence electrons. The molecule has 0 unspecified atom stereocenters. The molecule has 0 fully saturated rings. The molecule has 1 heterocycles. The highest BCUT2D eigenvalue weighted by atomic mass is 16.2. The molecule has 0 aliphatic heterocycles. The molecule has 5 nitrogen and oxygen atoms in total. The number of carbonyl (C=O) groups excluding carboxylic acids is 1. The van der Waals surface area contributed by atoms with Crippen LogP contribution >= 0.6 is 0 Å². The first kappa shape index (κ1) is 17.6. The maximum atomic E-state index is 12.5. The van der Waals surface area contributed by atoms with E-state index in [1.165, 1.54) is 10.6 Å². The first-order valence-corrected chi connectivity index (χ1v) is 8.45. The SMILES string of the molecule is Cc1ccc(NC(=O)Cn2c(-c3ccccc3)nc(C)cc2=O)c(C)c1. The van der Waals surface area contributed by atoms with Crippen LogP contribution < -0.4 is 10.9 Å². The van der Waals surface area contributed by atoms with Crippen molar-refractivity contribution < 1.29 is 4.79 Å². The van der Waals surface area contributed by atoms with Crippen LogP contribution in [0, 0.1) is 20.8 Å². The van der Waals surface area contributed by atoms with Crippen molar-refractivity contribution in [3.63, 3.8) is 0 Å². The van der Waals surface area contributed by atoms with Gasteiger partial charge < -0.3 is 5.32 Å². The lowest BCUT2D eigenvalue weighted by atomic mass is 10.1. The number of nitrogens with zero attached hydrogens (tertiary/aromatic N) is 2. The van der Waals surface area contributed by atoms with Gasteiger partial charge in [0, 0.05) is 23.0 Å². The average Bonchev–Trinajstić information content (AvgIpc) is 2.60. The van der Waals surface area contributed by atoms with Crippen molar-refractivity contribution in [2.45, 2.75) is 27.3 Å². The van der Waals surface area contributed by atoms with Crippen molar-refractivity contribution in [2.75, 3.05) is 5.32 Å². The van der Waals surface area contributed by atoms with E-state index in [1.807, 2.05) is 62.4 Å². The van der Waals surface area contributed by atoms with Gasteiger partial charge >= 0.3 is 0 Å². The van der Waals surface area contributed by atoms with E-state index in [1.54, 1.807) is 6.92 Å². The fourth-order valence-corrected chi connectivity index (χ4v) is 2.87. The summed E-state index contributed by atoms with van der Waals surface area (Å²) in [5, 5.41) is 2.88. The number of aromatic nitrogens is 2. The van der Waals surface area contributed by atoms with Crippen LogP contribution in [0.5, 0.6) is 0 Å². The summed E-state index contributed by atoms with van der Waals surface area (Å²) in [4.78, 5) is 29.5. The Bertz CT molecular complexity index is 1010. The maximum Gasteiger partial charge on any atom is 0.254 e. The van der Waals surface area contributed by atoms with Crippen LogP contribution in [0.4, 0.5) is 5.69 Å². The maximum absolute atomic E-state index is 12.5. The standard InChI is InChI=1S/C21H21N3O2/c1-14-9-10-18(15(2)11-14)23-19(25)13-24-20(26)12-16(3)22-21(24)17-7-5-4-6-8-17/h4-12H,13H2,1-3H3,(H,23,25). The molecule has 0 aliphatic carbocycles. The highest BCUT2D eigenvalue weighted by Crippen LogP contribution is 2.18. The van der Waals surface area contributed by atoms with Gasteiger partial charge in [0.1, 0.15) is 12.4 Å². The molecule has 0 saturated heterocycles. The van der Waals surface area contributed by atoms with E-state index >= 15 is 0 Å². The smallest absolute Gasteiger partial charge is 0.254 e. The number of carbonyl (C=O) groups is 1. The molecule has 0 aliphatic rings. The summed E-state index contributed by atoms with van der Waals surface area (Å²) < 4.78 is 1.40. The second-order valence-electron chi connectivity index (χ2n) is 6.38. The predicted octanol–water partition coefficient (Wildman–Crippen LogP) is 3.47. The van der Waals surface area contributed by atoms with Gasteiger partial charge in [0.2, 0.25) is 5.91 Å². The molecule has 26 heavy (non-hydrogen) atoms. The van der Waals surface area contributed by atoms with Gasteiger partial charge in [-0.3, -0.25) is 14.2 Å². The molecule has 3 rings (SSSR count). The minimum absolute atomic E-state index is 0.0936. The van der Waals surface area contributed by atoms with Crippen molar-refractivity contribution in [3.05, 3.63) is 81.8 Å². The number of amides is 1. The Balaban J connectivity index is 1.92. The quantitative estimate of drug-likeness (QED) is 0.786. The Morgan fingerprint density at radius 2 is 1.77 bits per heavy atom. The van der Waals surface area contributed by atoms with E-state index in [9.17, 15) is 9.59 Å². The van der Waals surface area contributed by atoms with E-state index in [-0.39, 0.29) is 18.0 Å². The third-order valence-electron chi connectivity index (χ3n) is 4.13. The molecule has 1 amide bonds. The number of rotatable bonds is 4. The largest absolute Gasteiger partial charge is 0.324 e. The lowest BCUT2D eigenvalue weighted by Crippen LogP contribution is -2.29. The van der Waals surface area contributed by atoms with Gasteiger partial charge in [-0.2, -0.15) is 0 Å². The van der Waals surface area contributed by atoms with Crippen molar-refractivity contribution in [2.24, 2.45) is 0 Å². The van der Waals surface area contributed by atoms with Crippen LogP contribution in [0.25, 0.3) is 11.4 Å². The fourth-order valence-electron chi connectivity index (χ4n) is 2.87. The number of benzene rings is 2. The Morgan fingerprint density at radius 3 is 2.46 bits per heavy atom. The number of hydrogen-bond acceptors (Lipinski definition) is 3. The highest BCUT2D eigenvalue weighted by molar-refractivity contribution is 5.91. The molecule has 0 bridgehead atoms. The molecule has 1 N–H and O–H groups in total. The summed E-state index contributed by atoms with van der Waals surface area (Å²) in [7, 11) is 0. The zero-order chi connectivity index (χ0) is 18.7. The first-order chi connectivity index (χ1) is 12.4. The van der Waals surface area contributed by atoms with E-state index < -0.39 is 0 Å². The lowest BCUT2D eigenvalue weighted by molar-refractivity contribution is -0.116. The molecular formula is C21H21N3O2. The number of anilines is 1. The van der Waals surface area contributed by atoms with Crippen molar-refractivity contribution in [3.8, 4) is 11.4 Å². The predicted molar refractivity (Wildman–Crippen MR) is 103 cm³/mol. The molecule has 1 aromatic heterocycles. The minimum Gasteiger partial charge on any atom is -0.324 e. The number of nitrogens with one attached hydrogen (secondary N) is 1. The molecule has 0 spiro atoms. The Kier molecular flexibility index (Phi) is 4.98. The third-order valence-corrected chi connectivity index (χ3v) is 4.13. The van der Waals surface area contributed by atoms with Gasteiger partial charge in [-0.15, -0.1) is 0 Å². The van der Waals surface area contributed by atoms with Gasteiger partial charge in [-0.05, 0) is 32.4 Å². The molecule has 0 radical (unpaired) electrons. The van der Waals surface area contributed by atoms with Crippen LogP contribution in [0.1, 0.15) is 16.8 Å². The molecular weight excluding hydrogens is 326 g/mol. The molecule has 3 aromatic rings. The number of aryl methyl sites for hydroxylation is 3. The van der Waals surface area contributed by atoms with Gasteiger partial charge in [0.15, 0.2) is 0 Å². The van der Waals surface area contributed by atoms with Crippen LogP contribution in [0.3, 0.4) is 0 Å². The van der Waals surface area contributed by atoms with Crippen molar-refractivity contribution in [1.82, 2.24) is 9.55 Å². The van der Waals surface area contributed by atoms with Crippen LogP contribution in [-0.4, -0.2) is 15.5 Å². The summed E-state index contributed by atoms with van der Waals surface area (Å²) in [6.45, 7) is 5.62. The van der Waals surface area contributed by atoms with E-state index in [0.29, 0.717) is 11.5 Å². The normalized spacial score (nSPS) is 10.6. The molecule has 0 atom stereocenters. The zero-order valence-electron chi connectivity index (χ0n) is 15.1. The molecule has 2 aromatic carbocycles. The summed E-state index contributed by atoms with van der Waals surface area (Å²) in [5.41, 5.74) is 4.04. The zero-order valence-corrected chi connectivity index (χ0v) is 15.1. The Morgan fingerprint density at radius 1 is 1.04 bits per heavy atom. The second-order valence-corrected chi connectivity index (χ2v) is 6.38.